The topological polar surface area (TPSA) is 55.6 Å². The van der Waals surface area contributed by atoms with Crippen LogP contribution in [0, 0.1) is 0 Å². The highest BCUT2D eigenvalue weighted by Gasteiger charge is 2.32. The van der Waals surface area contributed by atoms with Gasteiger partial charge in [-0.1, -0.05) is 24.4 Å². The molecule has 1 aliphatic rings. The smallest absolute Gasteiger partial charge is 0.243 e. The van der Waals surface area contributed by atoms with Crippen LogP contribution in [0.2, 0.25) is 0 Å². The molecular weight excluding hydrogens is 214 g/mol. The summed E-state index contributed by atoms with van der Waals surface area (Å²) in [6.45, 7) is 0. The third-order valence-electron chi connectivity index (χ3n) is 3.06. The summed E-state index contributed by atoms with van der Waals surface area (Å²) >= 11 is 6.07. The van der Waals surface area contributed by atoms with Gasteiger partial charge in [0.05, 0.1) is 5.54 Å². The summed E-state index contributed by atoms with van der Waals surface area (Å²) in [5.41, 5.74) is -0.0116. The van der Waals surface area contributed by atoms with E-state index in [1.807, 2.05) is 7.05 Å². The van der Waals surface area contributed by atoms with E-state index in [1.165, 1.54) is 19.3 Å². The fourth-order valence-electron chi connectivity index (χ4n) is 2.09. The molecule has 0 atom stereocenters. The van der Waals surface area contributed by atoms with Crippen molar-refractivity contribution in [3.05, 3.63) is 0 Å². The van der Waals surface area contributed by atoms with Gasteiger partial charge in [0.25, 0.3) is 0 Å². The number of tetrazole rings is 1. The van der Waals surface area contributed by atoms with E-state index in [0.717, 1.165) is 12.8 Å². The summed E-state index contributed by atoms with van der Waals surface area (Å²) in [6, 6.07) is 0. The highest BCUT2D eigenvalue weighted by Crippen LogP contribution is 2.31. The van der Waals surface area contributed by atoms with Gasteiger partial charge in [0, 0.05) is 12.9 Å². The molecule has 0 saturated heterocycles. The van der Waals surface area contributed by atoms with E-state index in [9.17, 15) is 0 Å². The summed E-state index contributed by atoms with van der Waals surface area (Å²) < 4.78 is 1.64. The fraction of sp³-hybridized carbons (Fsp3) is 0.889. The number of anilines is 1. The van der Waals surface area contributed by atoms with Crippen molar-refractivity contribution in [2.75, 3.05) is 11.2 Å². The fourth-order valence-corrected chi connectivity index (χ4v) is 2.43. The highest BCUT2D eigenvalue weighted by atomic mass is 35.5. The Morgan fingerprint density at radius 3 is 2.67 bits per heavy atom. The van der Waals surface area contributed by atoms with Gasteiger partial charge in [0.15, 0.2) is 0 Å². The van der Waals surface area contributed by atoms with Crippen LogP contribution in [0.15, 0.2) is 0 Å². The average molecular weight is 230 g/mol. The van der Waals surface area contributed by atoms with Gasteiger partial charge in [-0.2, -0.15) is 0 Å². The Hall–Kier alpha value is -0.840. The molecule has 2 rings (SSSR count). The molecule has 0 unspecified atom stereocenters. The van der Waals surface area contributed by atoms with Gasteiger partial charge in [-0.05, 0) is 23.3 Å². The quantitative estimate of drug-likeness (QED) is 0.800. The maximum atomic E-state index is 6.07. The maximum absolute atomic E-state index is 6.07. The number of aromatic nitrogens is 4. The maximum Gasteiger partial charge on any atom is 0.243 e. The molecule has 0 aliphatic heterocycles. The van der Waals surface area contributed by atoms with Crippen LogP contribution in [0.3, 0.4) is 0 Å². The van der Waals surface area contributed by atoms with Gasteiger partial charge >= 0.3 is 0 Å². The molecule has 6 heteroatoms. The van der Waals surface area contributed by atoms with E-state index < -0.39 is 0 Å². The second-order valence-corrected chi connectivity index (χ2v) is 4.49. The van der Waals surface area contributed by atoms with Crippen molar-refractivity contribution in [3.63, 3.8) is 0 Å². The molecule has 0 spiro atoms. The summed E-state index contributed by atoms with van der Waals surface area (Å²) in [6.07, 6.45) is 5.96. The molecule has 1 aromatic heterocycles. The SMILES string of the molecule is Cn1nnnc1NC1(CCl)CCCCC1. The monoisotopic (exact) mass is 229 g/mol. The van der Waals surface area contributed by atoms with Crippen LogP contribution >= 0.6 is 11.6 Å². The molecular formula is C9H16ClN5. The molecule has 1 heterocycles. The van der Waals surface area contributed by atoms with Gasteiger partial charge in [-0.15, -0.1) is 11.6 Å². The number of rotatable bonds is 3. The molecule has 0 bridgehead atoms. The van der Waals surface area contributed by atoms with Crippen molar-refractivity contribution < 1.29 is 0 Å². The predicted molar refractivity (Wildman–Crippen MR) is 59.0 cm³/mol. The minimum absolute atomic E-state index is 0.0116. The van der Waals surface area contributed by atoms with Crippen molar-refractivity contribution >= 4 is 17.5 Å². The minimum atomic E-state index is -0.0116. The lowest BCUT2D eigenvalue weighted by Gasteiger charge is -2.36. The van der Waals surface area contributed by atoms with E-state index in [0.29, 0.717) is 11.8 Å². The van der Waals surface area contributed by atoms with E-state index in [1.54, 1.807) is 4.68 Å². The molecule has 1 aliphatic carbocycles. The van der Waals surface area contributed by atoms with Crippen molar-refractivity contribution in [3.8, 4) is 0 Å². The molecule has 0 aromatic carbocycles. The first-order valence-electron chi connectivity index (χ1n) is 5.32. The van der Waals surface area contributed by atoms with E-state index in [2.05, 4.69) is 20.8 Å². The Bertz CT molecular complexity index is 318. The third-order valence-corrected chi connectivity index (χ3v) is 3.58. The number of aryl methyl sites for hydroxylation is 1. The van der Waals surface area contributed by atoms with Crippen molar-refractivity contribution in [1.29, 1.82) is 0 Å². The first kappa shape index (κ1) is 10.7. The Balaban J connectivity index is 2.10. The lowest BCUT2D eigenvalue weighted by atomic mass is 9.83. The molecule has 0 radical (unpaired) electrons. The molecule has 1 aromatic rings. The molecule has 1 fully saturated rings. The van der Waals surface area contributed by atoms with Crippen LogP contribution in [0.4, 0.5) is 5.95 Å². The van der Waals surface area contributed by atoms with Crippen molar-refractivity contribution in [2.45, 2.75) is 37.6 Å². The first-order valence-corrected chi connectivity index (χ1v) is 5.86. The molecule has 5 nitrogen and oxygen atoms in total. The number of nitrogens with zero attached hydrogens (tertiary/aromatic N) is 4. The van der Waals surface area contributed by atoms with Crippen LogP contribution in [0.1, 0.15) is 32.1 Å². The van der Waals surface area contributed by atoms with Crippen LogP contribution < -0.4 is 5.32 Å². The van der Waals surface area contributed by atoms with Crippen LogP contribution in [0.5, 0.6) is 0 Å². The molecule has 84 valence electrons. The average Bonchev–Trinajstić information content (AvgIpc) is 2.66. The zero-order chi connectivity index (χ0) is 10.7. The van der Waals surface area contributed by atoms with Gasteiger partial charge in [-0.25, -0.2) is 4.68 Å². The van der Waals surface area contributed by atoms with E-state index in [-0.39, 0.29) is 5.54 Å². The number of nitrogens with one attached hydrogen (secondary N) is 1. The summed E-state index contributed by atoms with van der Waals surface area (Å²) in [5, 5.41) is 14.7. The molecule has 1 N–H and O–H groups in total. The number of halogens is 1. The lowest BCUT2D eigenvalue weighted by molar-refractivity contribution is 0.350. The second-order valence-electron chi connectivity index (χ2n) is 4.23. The van der Waals surface area contributed by atoms with Crippen LogP contribution in [0.25, 0.3) is 0 Å². The summed E-state index contributed by atoms with van der Waals surface area (Å²) in [5.74, 6) is 1.32. The zero-order valence-corrected chi connectivity index (χ0v) is 9.67. The molecule has 0 amide bonds. The predicted octanol–water partition coefficient (Wildman–Crippen LogP) is 1.56. The number of hydrogen-bond donors (Lipinski definition) is 1. The Morgan fingerprint density at radius 2 is 2.13 bits per heavy atom. The van der Waals surface area contributed by atoms with Gasteiger partial charge < -0.3 is 5.32 Å². The van der Waals surface area contributed by atoms with Gasteiger partial charge in [-0.3, -0.25) is 0 Å². The zero-order valence-electron chi connectivity index (χ0n) is 8.91. The summed E-state index contributed by atoms with van der Waals surface area (Å²) in [7, 11) is 1.83. The Morgan fingerprint density at radius 1 is 1.40 bits per heavy atom. The Kier molecular flexibility index (Phi) is 3.09. The van der Waals surface area contributed by atoms with Crippen molar-refractivity contribution in [1.82, 2.24) is 20.2 Å². The Labute approximate surface area is 94.2 Å². The van der Waals surface area contributed by atoms with Crippen molar-refractivity contribution in [2.24, 2.45) is 7.05 Å². The third kappa shape index (κ3) is 2.22. The van der Waals surface area contributed by atoms with E-state index >= 15 is 0 Å². The minimum Gasteiger partial charge on any atom is -0.346 e. The van der Waals surface area contributed by atoms with Crippen LogP contribution in [-0.4, -0.2) is 31.6 Å². The second kappa shape index (κ2) is 4.35. The normalized spacial score (nSPS) is 20.1. The summed E-state index contributed by atoms with van der Waals surface area (Å²) in [4.78, 5) is 0. The lowest BCUT2D eigenvalue weighted by Crippen LogP contribution is -2.43. The van der Waals surface area contributed by atoms with Gasteiger partial charge in [0.1, 0.15) is 0 Å². The molecule has 1 saturated carbocycles. The first-order chi connectivity index (χ1) is 7.26. The largest absolute Gasteiger partial charge is 0.346 e. The number of hydrogen-bond acceptors (Lipinski definition) is 4. The van der Waals surface area contributed by atoms with Crippen LogP contribution in [-0.2, 0) is 7.05 Å². The standard InChI is InChI=1S/C9H16ClN5/c1-15-8(12-13-14-15)11-9(7-10)5-3-2-4-6-9/h2-7H2,1H3,(H,11,12,14). The highest BCUT2D eigenvalue weighted by molar-refractivity contribution is 6.18. The van der Waals surface area contributed by atoms with E-state index in [4.69, 9.17) is 11.6 Å². The number of alkyl halides is 1. The molecule has 15 heavy (non-hydrogen) atoms. The van der Waals surface area contributed by atoms with Gasteiger partial charge in [0.2, 0.25) is 5.95 Å².